The van der Waals surface area contributed by atoms with E-state index in [9.17, 15) is 9.90 Å². The molecule has 0 aliphatic carbocycles. The van der Waals surface area contributed by atoms with Crippen LogP contribution in [-0.4, -0.2) is 21.0 Å². The number of carbonyl (C=O) groups excluding carboxylic acids is 1. The van der Waals surface area contributed by atoms with Crippen LogP contribution in [0.25, 0.3) is 10.9 Å². The molecular weight excluding hydrogens is 416 g/mol. The van der Waals surface area contributed by atoms with Crippen molar-refractivity contribution < 1.29 is 9.90 Å². The summed E-state index contributed by atoms with van der Waals surface area (Å²) in [6, 6.07) is 6.84. The van der Waals surface area contributed by atoms with Crippen LogP contribution >= 0.6 is 31.9 Å². The number of amides is 1. The van der Waals surface area contributed by atoms with Gasteiger partial charge in [0, 0.05) is 26.7 Å². The summed E-state index contributed by atoms with van der Waals surface area (Å²) in [6.07, 6.45) is 2.97. The standard InChI is InChI=1S/C14H8Br2N4O2/c15-8-4-9-11(10(16)5-8)18-14(22)12(9)19-20-13(21)7-2-1-3-17-6-7/h1-6,18,22H. The van der Waals surface area contributed by atoms with Crippen molar-refractivity contribution in [2.75, 3.05) is 0 Å². The fourth-order valence-corrected chi connectivity index (χ4v) is 3.26. The summed E-state index contributed by atoms with van der Waals surface area (Å²) < 4.78 is 1.56. The van der Waals surface area contributed by atoms with Gasteiger partial charge < -0.3 is 10.1 Å². The van der Waals surface area contributed by atoms with E-state index in [1.54, 1.807) is 24.4 Å². The van der Waals surface area contributed by atoms with Crippen LogP contribution in [-0.2, 0) is 0 Å². The maximum Gasteiger partial charge on any atom is 0.296 e. The molecule has 2 N–H and O–H groups in total. The molecule has 6 nitrogen and oxygen atoms in total. The van der Waals surface area contributed by atoms with Gasteiger partial charge in [0.25, 0.3) is 5.91 Å². The zero-order valence-corrected chi connectivity index (χ0v) is 14.1. The van der Waals surface area contributed by atoms with Crippen molar-refractivity contribution in [3.8, 4) is 5.88 Å². The summed E-state index contributed by atoms with van der Waals surface area (Å²) in [5.74, 6) is -0.688. The summed E-state index contributed by atoms with van der Waals surface area (Å²) in [4.78, 5) is 18.6. The highest BCUT2D eigenvalue weighted by Gasteiger charge is 2.14. The van der Waals surface area contributed by atoms with Gasteiger partial charge in [0.2, 0.25) is 5.88 Å². The fraction of sp³-hybridized carbons (Fsp3) is 0. The van der Waals surface area contributed by atoms with Crippen LogP contribution in [0.3, 0.4) is 0 Å². The lowest BCUT2D eigenvalue weighted by atomic mass is 10.2. The molecule has 2 heterocycles. The van der Waals surface area contributed by atoms with Crippen LogP contribution in [0.2, 0.25) is 0 Å². The van der Waals surface area contributed by atoms with Gasteiger partial charge in [0.1, 0.15) is 0 Å². The smallest absolute Gasteiger partial charge is 0.296 e. The van der Waals surface area contributed by atoms with Crippen molar-refractivity contribution >= 4 is 54.4 Å². The Bertz CT molecular complexity index is 891. The number of fused-ring (bicyclic) bond motifs is 1. The number of nitrogens with one attached hydrogen (secondary N) is 1. The largest absolute Gasteiger partial charge is 0.493 e. The number of carbonyl (C=O) groups is 1. The molecule has 3 aromatic rings. The Labute approximate surface area is 141 Å². The number of pyridine rings is 1. The average Bonchev–Trinajstić information content (AvgIpc) is 2.82. The van der Waals surface area contributed by atoms with Gasteiger partial charge in [-0.05, 0) is 40.2 Å². The number of hydrogen-bond acceptors (Lipinski definition) is 4. The summed E-state index contributed by atoms with van der Waals surface area (Å²) in [7, 11) is 0. The zero-order valence-electron chi connectivity index (χ0n) is 10.9. The Morgan fingerprint density at radius 1 is 1.32 bits per heavy atom. The Morgan fingerprint density at radius 2 is 2.14 bits per heavy atom. The number of nitrogens with zero attached hydrogens (tertiary/aromatic N) is 3. The number of aromatic amines is 1. The number of H-pyrrole nitrogens is 1. The van der Waals surface area contributed by atoms with Gasteiger partial charge in [-0.3, -0.25) is 9.78 Å². The Morgan fingerprint density at radius 3 is 2.86 bits per heavy atom. The second kappa shape index (κ2) is 5.98. The third-order valence-corrected chi connectivity index (χ3v) is 4.01. The molecule has 8 heteroatoms. The van der Waals surface area contributed by atoms with Crippen molar-refractivity contribution in [1.82, 2.24) is 9.97 Å². The number of azo groups is 1. The van der Waals surface area contributed by atoms with Gasteiger partial charge in [-0.25, -0.2) is 0 Å². The topological polar surface area (TPSA) is 90.7 Å². The molecule has 0 unspecified atom stereocenters. The summed E-state index contributed by atoms with van der Waals surface area (Å²) in [5.41, 5.74) is 1.20. The van der Waals surface area contributed by atoms with E-state index < -0.39 is 5.91 Å². The minimum absolute atomic E-state index is 0.156. The second-order valence-corrected chi connectivity index (χ2v) is 6.15. The van der Waals surface area contributed by atoms with Crippen molar-refractivity contribution in [3.05, 3.63) is 51.2 Å². The van der Waals surface area contributed by atoms with E-state index in [0.29, 0.717) is 16.5 Å². The first-order chi connectivity index (χ1) is 10.6. The molecule has 1 amide bonds. The summed E-state index contributed by atoms with van der Waals surface area (Å²) in [6.45, 7) is 0. The van der Waals surface area contributed by atoms with Crippen LogP contribution in [0.5, 0.6) is 5.88 Å². The van der Waals surface area contributed by atoms with E-state index in [1.807, 2.05) is 6.07 Å². The second-order valence-electron chi connectivity index (χ2n) is 4.38. The third-order valence-electron chi connectivity index (χ3n) is 2.93. The van der Waals surface area contributed by atoms with Crippen LogP contribution in [0.1, 0.15) is 10.4 Å². The van der Waals surface area contributed by atoms with Crippen molar-refractivity contribution in [1.29, 1.82) is 0 Å². The zero-order chi connectivity index (χ0) is 15.7. The number of aromatic hydroxyl groups is 1. The van der Waals surface area contributed by atoms with Gasteiger partial charge in [-0.2, -0.15) is 0 Å². The minimum Gasteiger partial charge on any atom is -0.493 e. The molecule has 0 bridgehead atoms. The van der Waals surface area contributed by atoms with Gasteiger partial charge in [0.15, 0.2) is 5.69 Å². The van der Waals surface area contributed by atoms with Crippen molar-refractivity contribution in [2.45, 2.75) is 0 Å². The maximum absolute atomic E-state index is 11.9. The molecule has 0 atom stereocenters. The van der Waals surface area contributed by atoms with Gasteiger partial charge in [0.05, 0.1) is 11.1 Å². The van der Waals surface area contributed by atoms with Crippen LogP contribution in [0.15, 0.2) is 55.8 Å². The molecule has 1 aromatic carbocycles. The Hall–Kier alpha value is -2.06. The molecule has 0 radical (unpaired) electrons. The third kappa shape index (κ3) is 2.79. The number of hydrogen-bond donors (Lipinski definition) is 2. The fourth-order valence-electron chi connectivity index (χ4n) is 1.94. The molecule has 110 valence electrons. The molecule has 0 saturated heterocycles. The molecule has 0 saturated carbocycles. The SMILES string of the molecule is O=C(N=Nc1c(O)[nH]c2c(Br)cc(Br)cc12)c1cccnc1. The Balaban J connectivity index is 2.02. The molecule has 2 aromatic heterocycles. The predicted molar refractivity (Wildman–Crippen MR) is 88.4 cm³/mol. The van der Waals surface area contributed by atoms with E-state index in [-0.39, 0.29) is 11.6 Å². The number of rotatable bonds is 2. The van der Waals surface area contributed by atoms with Gasteiger partial charge in [-0.15, -0.1) is 10.2 Å². The van der Waals surface area contributed by atoms with E-state index >= 15 is 0 Å². The molecule has 0 fully saturated rings. The molecule has 22 heavy (non-hydrogen) atoms. The normalized spacial score (nSPS) is 11.4. The van der Waals surface area contributed by atoms with E-state index in [0.717, 1.165) is 8.95 Å². The van der Waals surface area contributed by atoms with Gasteiger partial charge in [-0.1, -0.05) is 15.9 Å². The number of aromatic nitrogens is 2. The molecule has 0 aliphatic heterocycles. The average molecular weight is 424 g/mol. The monoisotopic (exact) mass is 422 g/mol. The summed E-state index contributed by atoms with van der Waals surface area (Å²) in [5, 5.41) is 18.1. The first-order valence-corrected chi connectivity index (χ1v) is 7.70. The molecular formula is C14H8Br2N4O2. The maximum atomic E-state index is 11.9. The van der Waals surface area contributed by atoms with Gasteiger partial charge >= 0.3 is 0 Å². The quantitative estimate of drug-likeness (QED) is 0.584. The molecule has 0 aliphatic rings. The molecule has 0 spiro atoms. The predicted octanol–water partition coefficient (Wildman–Crippen LogP) is 4.72. The highest BCUT2D eigenvalue weighted by atomic mass is 79.9. The van der Waals surface area contributed by atoms with Crippen LogP contribution in [0.4, 0.5) is 5.69 Å². The Kier molecular flexibility index (Phi) is 4.04. The first kappa shape index (κ1) is 14.9. The molecule has 3 rings (SSSR count). The van der Waals surface area contributed by atoms with E-state index in [4.69, 9.17) is 0 Å². The minimum atomic E-state index is -0.532. The number of halogens is 2. The number of benzene rings is 1. The summed E-state index contributed by atoms with van der Waals surface area (Å²) >= 11 is 6.76. The van der Waals surface area contributed by atoms with E-state index in [2.05, 4.69) is 52.1 Å². The van der Waals surface area contributed by atoms with E-state index in [1.165, 1.54) is 6.20 Å². The lowest BCUT2D eigenvalue weighted by molar-refractivity contribution is 0.0994. The van der Waals surface area contributed by atoms with Crippen molar-refractivity contribution in [3.63, 3.8) is 0 Å². The highest BCUT2D eigenvalue weighted by molar-refractivity contribution is 9.11. The van der Waals surface area contributed by atoms with Crippen LogP contribution < -0.4 is 0 Å². The lowest BCUT2D eigenvalue weighted by Crippen LogP contribution is -1.93. The first-order valence-electron chi connectivity index (χ1n) is 6.12. The highest BCUT2D eigenvalue weighted by Crippen LogP contribution is 2.40. The van der Waals surface area contributed by atoms with Crippen LogP contribution in [0, 0.1) is 0 Å². The lowest BCUT2D eigenvalue weighted by Gasteiger charge is -1.96. The van der Waals surface area contributed by atoms with Crippen molar-refractivity contribution in [2.24, 2.45) is 10.2 Å².